The molecule has 0 aliphatic heterocycles. The number of nitrogens with zero attached hydrogens (tertiary/aromatic N) is 4. The Labute approximate surface area is 103 Å². The van der Waals surface area contributed by atoms with Gasteiger partial charge < -0.3 is 9.67 Å². The highest BCUT2D eigenvalue weighted by Crippen LogP contribution is 2.25. The first kappa shape index (κ1) is 11.6. The van der Waals surface area contributed by atoms with Crippen LogP contribution in [-0.2, 0) is 13.7 Å². The van der Waals surface area contributed by atoms with Crippen molar-refractivity contribution < 1.29 is 5.11 Å². The van der Waals surface area contributed by atoms with E-state index in [1.807, 2.05) is 19.2 Å². The summed E-state index contributed by atoms with van der Waals surface area (Å²) in [5.41, 5.74) is 1.12. The van der Waals surface area contributed by atoms with Crippen LogP contribution in [0.15, 0.2) is 34.6 Å². The van der Waals surface area contributed by atoms with Gasteiger partial charge in [0.25, 0.3) is 0 Å². The molecule has 2 aromatic heterocycles. The van der Waals surface area contributed by atoms with E-state index < -0.39 is 0 Å². The summed E-state index contributed by atoms with van der Waals surface area (Å²) in [6.07, 6.45) is 1.62. The molecular weight excluding hydrogens is 236 g/mol. The van der Waals surface area contributed by atoms with Gasteiger partial charge in [0.1, 0.15) is 16.8 Å². The van der Waals surface area contributed by atoms with Gasteiger partial charge in [-0.2, -0.15) is 5.26 Å². The molecule has 2 aromatic rings. The van der Waals surface area contributed by atoms with E-state index in [0.717, 1.165) is 10.9 Å². The van der Waals surface area contributed by atoms with E-state index in [1.165, 1.54) is 11.8 Å². The van der Waals surface area contributed by atoms with E-state index in [0.29, 0.717) is 10.7 Å². The molecule has 5 nitrogen and oxygen atoms in total. The van der Waals surface area contributed by atoms with Crippen molar-refractivity contribution in [2.75, 3.05) is 0 Å². The number of hydrogen-bond acceptors (Lipinski definition) is 5. The number of imidazole rings is 1. The monoisotopic (exact) mass is 246 g/mol. The van der Waals surface area contributed by atoms with Crippen molar-refractivity contribution in [3.05, 3.63) is 35.8 Å². The van der Waals surface area contributed by atoms with Crippen molar-refractivity contribution in [1.82, 2.24) is 14.5 Å². The quantitative estimate of drug-likeness (QED) is 0.884. The Morgan fingerprint density at radius 1 is 1.53 bits per heavy atom. The molecule has 86 valence electrons. The van der Waals surface area contributed by atoms with Gasteiger partial charge in [-0.1, -0.05) is 6.07 Å². The fourth-order valence-corrected chi connectivity index (χ4v) is 2.13. The van der Waals surface area contributed by atoms with Gasteiger partial charge in [-0.05, 0) is 23.9 Å². The lowest BCUT2D eigenvalue weighted by molar-refractivity contribution is 0.271. The summed E-state index contributed by atoms with van der Waals surface area (Å²) in [6.45, 7) is -0.0459. The van der Waals surface area contributed by atoms with Crippen LogP contribution >= 0.6 is 11.8 Å². The van der Waals surface area contributed by atoms with Crippen LogP contribution in [0.25, 0.3) is 0 Å². The molecule has 0 aromatic carbocycles. The zero-order valence-corrected chi connectivity index (χ0v) is 9.98. The zero-order valence-electron chi connectivity index (χ0n) is 9.16. The molecule has 0 unspecified atom stereocenters. The van der Waals surface area contributed by atoms with Crippen LogP contribution in [0.4, 0.5) is 0 Å². The number of nitriles is 1. The van der Waals surface area contributed by atoms with Gasteiger partial charge in [-0.3, -0.25) is 0 Å². The maximum Gasteiger partial charge on any atom is 0.174 e. The van der Waals surface area contributed by atoms with E-state index >= 15 is 0 Å². The molecule has 0 amide bonds. The molecule has 0 aliphatic carbocycles. The first-order valence-corrected chi connectivity index (χ1v) is 5.72. The Kier molecular flexibility index (Phi) is 3.42. The number of pyridine rings is 1. The van der Waals surface area contributed by atoms with Crippen LogP contribution in [0.1, 0.15) is 11.4 Å². The number of hydrogen-bond donors (Lipinski definition) is 1. The molecule has 1 N–H and O–H groups in total. The molecule has 0 saturated heterocycles. The zero-order chi connectivity index (χ0) is 12.3. The lowest BCUT2D eigenvalue weighted by Crippen LogP contribution is -1.97. The first-order chi connectivity index (χ1) is 8.24. The highest BCUT2D eigenvalue weighted by Gasteiger charge is 2.08. The minimum Gasteiger partial charge on any atom is -0.390 e. The minimum atomic E-state index is -0.0459. The van der Waals surface area contributed by atoms with Crippen molar-refractivity contribution in [2.45, 2.75) is 16.8 Å². The summed E-state index contributed by atoms with van der Waals surface area (Å²) >= 11 is 1.36. The molecule has 2 rings (SSSR count). The number of rotatable bonds is 3. The Morgan fingerprint density at radius 2 is 2.35 bits per heavy atom. The summed E-state index contributed by atoms with van der Waals surface area (Å²) < 4.78 is 1.80. The Balaban J connectivity index is 2.25. The molecular formula is C11H10N4OS. The minimum absolute atomic E-state index is 0.0459. The number of aliphatic hydroxyl groups is 1. The van der Waals surface area contributed by atoms with Gasteiger partial charge >= 0.3 is 0 Å². The van der Waals surface area contributed by atoms with Crippen LogP contribution < -0.4 is 0 Å². The van der Waals surface area contributed by atoms with Gasteiger partial charge in [0.2, 0.25) is 0 Å². The topological polar surface area (TPSA) is 74.7 Å². The molecule has 0 spiro atoms. The molecule has 0 aliphatic rings. The van der Waals surface area contributed by atoms with Gasteiger partial charge in [0, 0.05) is 7.05 Å². The summed E-state index contributed by atoms with van der Waals surface area (Å²) in [7, 11) is 1.83. The van der Waals surface area contributed by atoms with Crippen LogP contribution in [0.5, 0.6) is 0 Å². The van der Waals surface area contributed by atoms with Crippen molar-refractivity contribution in [3.63, 3.8) is 0 Å². The van der Waals surface area contributed by atoms with Crippen LogP contribution in [0, 0.1) is 11.3 Å². The Bertz CT molecular complexity index is 573. The SMILES string of the molecule is Cn1c(CO)cnc1Sc1cccc(C#N)n1. The molecule has 0 radical (unpaired) electrons. The molecule has 0 fully saturated rings. The van der Waals surface area contributed by atoms with Gasteiger partial charge in [-0.25, -0.2) is 9.97 Å². The van der Waals surface area contributed by atoms with Crippen molar-refractivity contribution in [3.8, 4) is 6.07 Å². The normalized spacial score (nSPS) is 10.2. The maximum atomic E-state index is 9.05. The third kappa shape index (κ3) is 2.46. The second-order valence-electron chi connectivity index (χ2n) is 3.32. The average Bonchev–Trinajstić information content (AvgIpc) is 2.71. The fraction of sp³-hybridized carbons (Fsp3) is 0.182. The van der Waals surface area contributed by atoms with E-state index in [2.05, 4.69) is 9.97 Å². The lowest BCUT2D eigenvalue weighted by atomic mass is 10.4. The van der Waals surface area contributed by atoms with Crippen LogP contribution in [-0.4, -0.2) is 19.6 Å². The van der Waals surface area contributed by atoms with Crippen molar-refractivity contribution in [1.29, 1.82) is 5.26 Å². The number of aromatic nitrogens is 3. The first-order valence-electron chi connectivity index (χ1n) is 4.91. The third-order valence-corrected chi connectivity index (χ3v) is 3.24. The van der Waals surface area contributed by atoms with Gasteiger partial charge in [-0.15, -0.1) is 0 Å². The van der Waals surface area contributed by atoms with E-state index in [1.54, 1.807) is 22.9 Å². The van der Waals surface area contributed by atoms with Gasteiger partial charge in [0.15, 0.2) is 5.16 Å². The number of aliphatic hydroxyl groups excluding tert-OH is 1. The molecule has 0 atom stereocenters. The Morgan fingerprint density at radius 3 is 3.00 bits per heavy atom. The molecule has 6 heteroatoms. The summed E-state index contributed by atoms with van der Waals surface area (Å²) in [5, 5.41) is 19.2. The average molecular weight is 246 g/mol. The predicted octanol–water partition coefficient (Wildman–Crippen LogP) is 1.33. The third-order valence-electron chi connectivity index (χ3n) is 2.24. The van der Waals surface area contributed by atoms with E-state index in [9.17, 15) is 0 Å². The second kappa shape index (κ2) is 4.99. The standard InChI is InChI=1S/C11H10N4OS/c1-15-9(7-16)6-13-11(15)17-10-4-2-3-8(5-12)14-10/h2-4,6,16H,7H2,1H3. The fourth-order valence-electron chi connectivity index (χ4n) is 1.29. The van der Waals surface area contributed by atoms with Crippen molar-refractivity contribution >= 4 is 11.8 Å². The summed E-state index contributed by atoms with van der Waals surface area (Å²) in [4.78, 5) is 8.33. The molecule has 2 heterocycles. The summed E-state index contributed by atoms with van der Waals surface area (Å²) in [6, 6.07) is 7.25. The molecule has 0 bridgehead atoms. The highest BCUT2D eigenvalue weighted by atomic mass is 32.2. The predicted molar refractivity (Wildman–Crippen MR) is 62.2 cm³/mol. The van der Waals surface area contributed by atoms with Crippen LogP contribution in [0.2, 0.25) is 0 Å². The van der Waals surface area contributed by atoms with Gasteiger partial charge in [0.05, 0.1) is 18.5 Å². The lowest BCUT2D eigenvalue weighted by Gasteiger charge is -2.03. The van der Waals surface area contributed by atoms with Crippen LogP contribution in [0.3, 0.4) is 0 Å². The molecule has 0 saturated carbocycles. The largest absolute Gasteiger partial charge is 0.390 e. The summed E-state index contributed by atoms with van der Waals surface area (Å²) in [5.74, 6) is 0. The highest BCUT2D eigenvalue weighted by molar-refractivity contribution is 7.99. The maximum absolute atomic E-state index is 9.05. The molecule has 17 heavy (non-hydrogen) atoms. The second-order valence-corrected chi connectivity index (χ2v) is 4.31. The van der Waals surface area contributed by atoms with E-state index in [4.69, 9.17) is 10.4 Å². The Hall–Kier alpha value is -1.84. The smallest absolute Gasteiger partial charge is 0.174 e. The van der Waals surface area contributed by atoms with E-state index in [-0.39, 0.29) is 6.61 Å². The van der Waals surface area contributed by atoms with Crippen molar-refractivity contribution in [2.24, 2.45) is 7.05 Å².